The molecule has 1 N–H and O–H groups in total. The molecule has 1 atom stereocenters. The number of hydrogen-bond donors (Lipinski definition) is 1. The van der Waals surface area contributed by atoms with Crippen molar-refractivity contribution in [2.75, 3.05) is 12.5 Å². The molecule has 3 nitrogen and oxygen atoms in total. The smallest absolute Gasteiger partial charge is 0.238 e. The molecule has 0 unspecified atom stereocenters. The van der Waals surface area contributed by atoms with Crippen LogP contribution in [0.2, 0.25) is 0 Å². The molecular weight excluding hydrogens is 238 g/mol. The predicted molar refractivity (Wildman–Crippen MR) is 68.9 cm³/mol. The van der Waals surface area contributed by atoms with Gasteiger partial charge in [-0.05, 0) is 12.0 Å². The summed E-state index contributed by atoms with van der Waals surface area (Å²) in [6.07, 6.45) is 0.714. The van der Waals surface area contributed by atoms with Crippen molar-refractivity contribution >= 4 is 17.5 Å². The van der Waals surface area contributed by atoms with Crippen LogP contribution in [0.1, 0.15) is 18.9 Å². The van der Waals surface area contributed by atoms with Crippen molar-refractivity contribution in [2.45, 2.75) is 25.9 Å². The second kappa shape index (κ2) is 7.30. The van der Waals surface area contributed by atoms with Gasteiger partial charge in [-0.15, -0.1) is 11.6 Å². The Hall–Kier alpha value is -1.06. The maximum absolute atomic E-state index is 11.8. The number of amides is 1. The number of rotatable bonds is 6. The number of nitrogens with zero attached hydrogens (tertiary/aromatic N) is 1. The number of aliphatic hydroxyl groups is 1. The van der Waals surface area contributed by atoms with Gasteiger partial charge in [0.15, 0.2) is 0 Å². The van der Waals surface area contributed by atoms with Gasteiger partial charge in [-0.1, -0.05) is 37.3 Å². The van der Waals surface area contributed by atoms with E-state index in [4.69, 9.17) is 11.6 Å². The number of benzene rings is 1. The average molecular weight is 256 g/mol. The van der Waals surface area contributed by atoms with Crippen molar-refractivity contribution in [3.8, 4) is 0 Å². The Labute approximate surface area is 107 Å². The van der Waals surface area contributed by atoms with Crippen LogP contribution in [-0.2, 0) is 11.3 Å². The molecule has 0 heterocycles. The zero-order valence-corrected chi connectivity index (χ0v) is 10.7. The molecule has 94 valence electrons. The molecule has 1 amide bonds. The van der Waals surface area contributed by atoms with E-state index in [1.165, 1.54) is 0 Å². The summed E-state index contributed by atoms with van der Waals surface area (Å²) in [4.78, 5) is 13.4. The van der Waals surface area contributed by atoms with Crippen LogP contribution in [0.4, 0.5) is 0 Å². The maximum atomic E-state index is 11.8. The summed E-state index contributed by atoms with van der Waals surface area (Å²) in [5.74, 6) is -0.194. The number of carbonyl (C=O) groups excluding carboxylic acids is 1. The summed E-state index contributed by atoms with van der Waals surface area (Å²) in [6.45, 7) is 2.40. The molecule has 0 saturated carbocycles. The predicted octanol–water partition coefficient (Wildman–Crippen LogP) is 2.02. The highest BCUT2D eigenvalue weighted by Gasteiger charge is 2.20. The second-order valence-electron chi connectivity index (χ2n) is 3.89. The largest absolute Gasteiger partial charge is 0.394 e. The first-order valence-electron chi connectivity index (χ1n) is 5.73. The monoisotopic (exact) mass is 255 g/mol. The molecule has 1 aromatic rings. The molecule has 0 radical (unpaired) electrons. The van der Waals surface area contributed by atoms with Crippen LogP contribution in [0.15, 0.2) is 30.3 Å². The van der Waals surface area contributed by atoms with Gasteiger partial charge in [0.2, 0.25) is 5.91 Å². The fourth-order valence-corrected chi connectivity index (χ4v) is 1.88. The van der Waals surface area contributed by atoms with E-state index in [1.807, 2.05) is 37.3 Å². The highest BCUT2D eigenvalue weighted by Crippen LogP contribution is 2.11. The molecule has 0 spiro atoms. The Kier molecular flexibility index (Phi) is 6.01. The molecular formula is C13H18ClNO2. The lowest BCUT2D eigenvalue weighted by atomic mass is 10.1. The molecule has 1 aromatic carbocycles. The van der Waals surface area contributed by atoms with E-state index < -0.39 is 0 Å². The second-order valence-corrected chi connectivity index (χ2v) is 4.15. The normalized spacial score (nSPS) is 12.2. The summed E-state index contributed by atoms with van der Waals surface area (Å²) in [6, 6.07) is 9.54. The number of aliphatic hydroxyl groups excluding tert-OH is 1. The van der Waals surface area contributed by atoms with Crippen LogP contribution in [0.3, 0.4) is 0 Å². The molecule has 4 heteroatoms. The average Bonchev–Trinajstić information content (AvgIpc) is 2.39. The lowest BCUT2D eigenvalue weighted by Crippen LogP contribution is -2.42. The van der Waals surface area contributed by atoms with Crippen LogP contribution < -0.4 is 0 Å². The highest BCUT2D eigenvalue weighted by atomic mass is 35.5. The third kappa shape index (κ3) is 4.02. The molecule has 0 aromatic heterocycles. The lowest BCUT2D eigenvalue weighted by Gasteiger charge is -2.29. The summed E-state index contributed by atoms with van der Waals surface area (Å²) >= 11 is 5.60. The minimum absolute atomic E-state index is 0.0358. The zero-order chi connectivity index (χ0) is 12.7. The van der Waals surface area contributed by atoms with E-state index in [1.54, 1.807) is 4.90 Å². The number of halogens is 1. The molecule has 1 rings (SSSR count). The first kappa shape index (κ1) is 14.0. The van der Waals surface area contributed by atoms with Gasteiger partial charge >= 0.3 is 0 Å². The molecule has 0 fully saturated rings. The van der Waals surface area contributed by atoms with Crippen molar-refractivity contribution in [2.24, 2.45) is 0 Å². The van der Waals surface area contributed by atoms with Gasteiger partial charge in [0.25, 0.3) is 0 Å². The standard InChI is InChI=1S/C13H18ClNO2/c1-2-12(10-16)15(13(17)8-14)9-11-6-4-3-5-7-11/h3-7,12,16H,2,8-10H2,1H3/t12-/m1/s1. The number of carbonyl (C=O) groups is 1. The lowest BCUT2D eigenvalue weighted by molar-refractivity contribution is -0.132. The van der Waals surface area contributed by atoms with Crippen LogP contribution in [-0.4, -0.2) is 34.4 Å². The maximum Gasteiger partial charge on any atom is 0.238 e. The highest BCUT2D eigenvalue weighted by molar-refractivity contribution is 6.27. The summed E-state index contributed by atoms with van der Waals surface area (Å²) < 4.78 is 0. The van der Waals surface area contributed by atoms with Gasteiger partial charge in [0.1, 0.15) is 5.88 Å². The van der Waals surface area contributed by atoms with Crippen LogP contribution in [0, 0.1) is 0 Å². The van der Waals surface area contributed by atoms with Crippen LogP contribution >= 0.6 is 11.6 Å². The Bertz CT molecular complexity index is 339. The quantitative estimate of drug-likeness (QED) is 0.791. The minimum atomic E-state index is -0.165. The van der Waals surface area contributed by atoms with Crippen LogP contribution in [0.5, 0.6) is 0 Å². The Morgan fingerprint density at radius 2 is 2.06 bits per heavy atom. The minimum Gasteiger partial charge on any atom is -0.394 e. The van der Waals surface area contributed by atoms with E-state index in [9.17, 15) is 9.90 Å². The first-order chi connectivity index (χ1) is 8.22. The zero-order valence-electron chi connectivity index (χ0n) is 9.97. The van der Waals surface area contributed by atoms with E-state index in [0.29, 0.717) is 13.0 Å². The van der Waals surface area contributed by atoms with E-state index in [-0.39, 0.29) is 24.4 Å². The summed E-state index contributed by atoms with van der Waals surface area (Å²) in [7, 11) is 0. The SMILES string of the molecule is CC[C@H](CO)N(Cc1ccccc1)C(=O)CCl. The third-order valence-corrected chi connectivity index (χ3v) is 2.98. The van der Waals surface area contributed by atoms with E-state index in [0.717, 1.165) is 5.56 Å². The van der Waals surface area contributed by atoms with Gasteiger partial charge in [-0.25, -0.2) is 0 Å². The fourth-order valence-electron chi connectivity index (χ4n) is 1.73. The number of hydrogen-bond acceptors (Lipinski definition) is 2. The van der Waals surface area contributed by atoms with Crippen molar-refractivity contribution in [3.63, 3.8) is 0 Å². The topological polar surface area (TPSA) is 40.5 Å². The Morgan fingerprint density at radius 3 is 2.53 bits per heavy atom. The van der Waals surface area contributed by atoms with Gasteiger partial charge in [0, 0.05) is 6.54 Å². The molecule has 0 saturated heterocycles. The van der Waals surface area contributed by atoms with E-state index in [2.05, 4.69) is 0 Å². The van der Waals surface area contributed by atoms with Gasteiger partial charge in [-0.3, -0.25) is 4.79 Å². The Balaban J connectivity index is 2.80. The molecule has 0 bridgehead atoms. The molecule has 17 heavy (non-hydrogen) atoms. The summed E-state index contributed by atoms with van der Waals surface area (Å²) in [5, 5.41) is 9.28. The van der Waals surface area contributed by atoms with Crippen LogP contribution in [0.25, 0.3) is 0 Å². The van der Waals surface area contributed by atoms with Crippen molar-refractivity contribution in [1.29, 1.82) is 0 Å². The van der Waals surface area contributed by atoms with Gasteiger partial charge in [-0.2, -0.15) is 0 Å². The number of alkyl halides is 1. The molecule has 0 aliphatic rings. The fraction of sp³-hybridized carbons (Fsp3) is 0.462. The first-order valence-corrected chi connectivity index (χ1v) is 6.26. The molecule has 0 aliphatic carbocycles. The van der Waals surface area contributed by atoms with E-state index >= 15 is 0 Å². The van der Waals surface area contributed by atoms with Crippen molar-refractivity contribution < 1.29 is 9.90 Å². The van der Waals surface area contributed by atoms with Gasteiger partial charge < -0.3 is 10.0 Å². The summed E-state index contributed by atoms with van der Waals surface area (Å²) in [5.41, 5.74) is 1.04. The third-order valence-electron chi connectivity index (χ3n) is 2.75. The van der Waals surface area contributed by atoms with Crippen molar-refractivity contribution in [1.82, 2.24) is 4.90 Å². The Morgan fingerprint density at radius 1 is 1.41 bits per heavy atom. The molecule has 0 aliphatic heterocycles. The van der Waals surface area contributed by atoms with Crippen molar-refractivity contribution in [3.05, 3.63) is 35.9 Å². The van der Waals surface area contributed by atoms with Gasteiger partial charge in [0.05, 0.1) is 12.6 Å².